The number of hydrogen-bond donors (Lipinski definition) is 2. The van der Waals surface area contributed by atoms with Crippen LogP contribution in [0.25, 0.3) is 0 Å². The van der Waals surface area contributed by atoms with Gasteiger partial charge in [-0.15, -0.1) is 0 Å². The standard InChI is InChI=1S/C16H29NO3/c1-11(2)16(4,10-15(19)20)17-14(18)9-13-7-5-6-12(3)8-13/h11-13H,5-10H2,1-4H3,(H,17,18)(H,19,20). The Morgan fingerprint density at radius 1 is 1.35 bits per heavy atom. The zero-order valence-corrected chi connectivity index (χ0v) is 13.2. The van der Waals surface area contributed by atoms with E-state index in [4.69, 9.17) is 5.11 Å². The summed E-state index contributed by atoms with van der Waals surface area (Å²) >= 11 is 0. The van der Waals surface area contributed by atoms with Crippen LogP contribution in [0.3, 0.4) is 0 Å². The molecule has 2 N–H and O–H groups in total. The van der Waals surface area contributed by atoms with Crippen molar-refractivity contribution in [1.82, 2.24) is 5.32 Å². The van der Waals surface area contributed by atoms with Crippen LogP contribution in [0.15, 0.2) is 0 Å². The molecule has 1 saturated carbocycles. The monoisotopic (exact) mass is 283 g/mol. The second-order valence-electron chi connectivity index (χ2n) is 7.03. The lowest BCUT2D eigenvalue weighted by molar-refractivity contribution is -0.139. The van der Waals surface area contributed by atoms with E-state index in [2.05, 4.69) is 12.2 Å². The average molecular weight is 283 g/mol. The number of carbonyl (C=O) groups excluding carboxylic acids is 1. The quantitative estimate of drug-likeness (QED) is 0.786. The summed E-state index contributed by atoms with van der Waals surface area (Å²) in [7, 11) is 0. The van der Waals surface area contributed by atoms with Crippen LogP contribution in [0.1, 0.15) is 66.2 Å². The zero-order chi connectivity index (χ0) is 15.3. The van der Waals surface area contributed by atoms with Gasteiger partial charge in [0.05, 0.1) is 6.42 Å². The second kappa shape index (κ2) is 7.09. The molecule has 0 bridgehead atoms. The van der Waals surface area contributed by atoms with Gasteiger partial charge in [-0.25, -0.2) is 0 Å². The highest BCUT2D eigenvalue weighted by Gasteiger charge is 2.33. The van der Waals surface area contributed by atoms with Gasteiger partial charge < -0.3 is 10.4 Å². The predicted octanol–water partition coefficient (Wildman–Crippen LogP) is 3.21. The van der Waals surface area contributed by atoms with Crippen LogP contribution < -0.4 is 5.32 Å². The molecule has 116 valence electrons. The molecular weight excluding hydrogens is 254 g/mol. The summed E-state index contributed by atoms with van der Waals surface area (Å²) in [5.74, 6) is 0.388. The summed E-state index contributed by atoms with van der Waals surface area (Å²) in [6.07, 6.45) is 5.21. The number of aliphatic carboxylic acids is 1. The lowest BCUT2D eigenvalue weighted by atomic mass is 9.80. The first kappa shape index (κ1) is 17.0. The number of carbonyl (C=O) groups is 2. The molecular formula is C16H29NO3. The van der Waals surface area contributed by atoms with Crippen LogP contribution in [-0.4, -0.2) is 22.5 Å². The van der Waals surface area contributed by atoms with Gasteiger partial charge in [0, 0.05) is 12.0 Å². The Morgan fingerprint density at radius 2 is 2.00 bits per heavy atom. The number of nitrogens with one attached hydrogen (secondary N) is 1. The highest BCUT2D eigenvalue weighted by molar-refractivity contribution is 5.78. The number of hydrogen-bond acceptors (Lipinski definition) is 2. The molecule has 1 amide bonds. The van der Waals surface area contributed by atoms with E-state index < -0.39 is 11.5 Å². The molecule has 4 heteroatoms. The molecule has 0 aromatic rings. The van der Waals surface area contributed by atoms with Crippen molar-refractivity contribution in [3.05, 3.63) is 0 Å². The number of carboxylic acid groups (broad SMARTS) is 1. The van der Waals surface area contributed by atoms with Gasteiger partial charge in [0.15, 0.2) is 0 Å². The topological polar surface area (TPSA) is 66.4 Å². The van der Waals surface area contributed by atoms with E-state index in [0.29, 0.717) is 18.3 Å². The van der Waals surface area contributed by atoms with Crippen LogP contribution in [0.4, 0.5) is 0 Å². The van der Waals surface area contributed by atoms with E-state index in [1.54, 1.807) is 0 Å². The molecule has 0 aromatic heterocycles. The predicted molar refractivity (Wildman–Crippen MR) is 79.4 cm³/mol. The highest BCUT2D eigenvalue weighted by atomic mass is 16.4. The lowest BCUT2D eigenvalue weighted by Gasteiger charge is -2.34. The molecule has 3 unspecified atom stereocenters. The molecule has 1 aliphatic carbocycles. The van der Waals surface area contributed by atoms with Gasteiger partial charge in [-0.1, -0.05) is 33.6 Å². The first-order valence-corrected chi connectivity index (χ1v) is 7.75. The maximum absolute atomic E-state index is 12.2. The maximum atomic E-state index is 12.2. The Hall–Kier alpha value is -1.06. The lowest BCUT2D eigenvalue weighted by Crippen LogP contribution is -2.51. The van der Waals surface area contributed by atoms with Gasteiger partial charge in [-0.05, 0) is 37.5 Å². The van der Waals surface area contributed by atoms with E-state index in [-0.39, 0.29) is 18.2 Å². The van der Waals surface area contributed by atoms with Crippen LogP contribution in [-0.2, 0) is 9.59 Å². The van der Waals surface area contributed by atoms with Crippen molar-refractivity contribution >= 4 is 11.9 Å². The van der Waals surface area contributed by atoms with Crippen LogP contribution >= 0.6 is 0 Å². The fraction of sp³-hybridized carbons (Fsp3) is 0.875. The van der Waals surface area contributed by atoms with E-state index in [1.165, 1.54) is 12.8 Å². The Morgan fingerprint density at radius 3 is 2.50 bits per heavy atom. The van der Waals surface area contributed by atoms with Crippen molar-refractivity contribution in [2.24, 2.45) is 17.8 Å². The van der Waals surface area contributed by atoms with Gasteiger partial charge in [0.2, 0.25) is 5.91 Å². The maximum Gasteiger partial charge on any atom is 0.305 e. The molecule has 1 fully saturated rings. The first-order chi connectivity index (χ1) is 9.23. The van der Waals surface area contributed by atoms with Crippen LogP contribution in [0.5, 0.6) is 0 Å². The molecule has 1 aliphatic rings. The Balaban J connectivity index is 2.55. The van der Waals surface area contributed by atoms with E-state index in [0.717, 1.165) is 12.8 Å². The minimum Gasteiger partial charge on any atom is -0.481 e. The third-order valence-electron chi connectivity index (χ3n) is 4.74. The molecule has 3 atom stereocenters. The van der Waals surface area contributed by atoms with Crippen molar-refractivity contribution in [1.29, 1.82) is 0 Å². The fourth-order valence-corrected chi connectivity index (χ4v) is 3.08. The summed E-state index contributed by atoms with van der Waals surface area (Å²) in [5, 5.41) is 12.0. The second-order valence-corrected chi connectivity index (χ2v) is 7.03. The molecule has 0 aliphatic heterocycles. The molecule has 4 nitrogen and oxygen atoms in total. The summed E-state index contributed by atoms with van der Waals surface area (Å²) in [5.41, 5.74) is -0.663. The molecule has 0 saturated heterocycles. The minimum absolute atomic E-state index is 0.00144. The van der Waals surface area contributed by atoms with Gasteiger partial charge in [-0.3, -0.25) is 9.59 Å². The zero-order valence-electron chi connectivity index (χ0n) is 13.2. The van der Waals surface area contributed by atoms with Gasteiger partial charge >= 0.3 is 5.97 Å². The fourth-order valence-electron chi connectivity index (χ4n) is 3.08. The Kier molecular flexibility index (Phi) is 6.03. The molecule has 0 heterocycles. The summed E-state index contributed by atoms with van der Waals surface area (Å²) in [4.78, 5) is 23.2. The average Bonchev–Trinajstić information content (AvgIpc) is 2.26. The third kappa shape index (κ3) is 5.14. The molecule has 0 spiro atoms. The minimum atomic E-state index is -0.868. The Labute approximate surface area is 122 Å². The van der Waals surface area contributed by atoms with Crippen molar-refractivity contribution in [2.75, 3.05) is 0 Å². The van der Waals surface area contributed by atoms with E-state index >= 15 is 0 Å². The van der Waals surface area contributed by atoms with Gasteiger partial charge in [0.25, 0.3) is 0 Å². The molecule has 0 radical (unpaired) electrons. The molecule has 0 aromatic carbocycles. The highest BCUT2D eigenvalue weighted by Crippen LogP contribution is 2.31. The number of rotatable bonds is 6. The first-order valence-electron chi connectivity index (χ1n) is 7.75. The van der Waals surface area contributed by atoms with Crippen molar-refractivity contribution in [3.63, 3.8) is 0 Å². The van der Waals surface area contributed by atoms with E-state index in [9.17, 15) is 9.59 Å². The van der Waals surface area contributed by atoms with Crippen molar-refractivity contribution < 1.29 is 14.7 Å². The smallest absolute Gasteiger partial charge is 0.305 e. The van der Waals surface area contributed by atoms with Crippen LogP contribution in [0, 0.1) is 17.8 Å². The van der Waals surface area contributed by atoms with Gasteiger partial charge in [-0.2, -0.15) is 0 Å². The molecule has 1 rings (SSSR count). The Bertz CT molecular complexity index is 354. The summed E-state index contributed by atoms with van der Waals surface area (Å²) in [6, 6.07) is 0. The third-order valence-corrected chi connectivity index (χ3v) is 4.74. The van der Waals surface area contributed by atoms with E-state index in [1.807, 2.05) is 20.8 Å². The van der Waals surface area contributed by atoms with Crippen molar-refractivity contribution in [3.8, 4) is 0 Å². The number of carboxylic acids is 1. The normalized spacial score (nSPS) is 26.1. The summed E-state index contributed by atoms with van der Waals surface area (Å²) < 4.78 is 0. The molecule has 20 heavy (non-hydrogen) atoms. The van der Waals surface area contributed by atoms with Crippen LogP contribution in [0.2, 0.25) is 0 Å². The largest absolute Gasteiger partial charge is 0.481 e. The van der Waals surface area contributed by atoms with Gasteiger partial charge in [0.1, 0.15) is 0 Å². The number of amides is 1. The SMILES string of the molecule is CC1CCCC(CC(=O)NC(C)(CC(=O)O)C(C)C)C1. The summed E-state index contributed by atoms with van der Waals surface area (Å²) in [6.45, 7) is 7.97. The van der Waals surface area contributed by atoms with Crippen molar-refractivity contribution in [2.45, 2.75) is 71.8 Å².